The molecule has 2 fully saturated rings. The molecule has 0 aliphatic heterocycles. The Morgan fingerprint density at radius 3 is 1.56 bits per heavy atom. The molecule has 0 nitrogen and oxygen atoms in total. The second kappa shape index (κ2) is 2.32. The van der Waals surface area contributed by atoms with Crippen LogP contribution in [-0.2, 0) is 0 Å². The van der Waals surface area contributed by atoms with E-state index in [0.29, 0.717) is 0 Å². The minimum Gasteiger partial charge on any atom is -0.0533 e. The van der Waals surface area contributed by atoms with Gasteiger partial charge in [0.05, 0.1) is 0 Å². The van der Waals surface area contributed by atoms with E-state index in [0.717, 1.165) is 0 Å². The highest BCUT2D eigenvalue weighted by molar-refractivity contribution is 4.82. The first-order chi connectivity index (χ1) is 4.47. The summed E-state index contributed by atoms with van der Waals surface area (Å²) < 4.78 is 0. The third-order valence-electron chi connectivity index (χ3n) is 3.22. The molecular formula is C9H16. The van der Waals surface area contributed by atoms with Crippen LogP contribution in [-0.4, -0.2) is 0 Å². The average molecular weight is 124 g/mol. The van der Waals surface area contributed by atoms with Crippen LogP contribution in [0.5, 0.6) is 0 Å². The predicted octanol–water partition coefficient (Wildman–Crippen LogP) is 2.98. The smallest absolute Gasteiger partial charge is 0.0386 e. The van der Waals surface area contributed by atoms with Gasteiger partial charge in [0.2, 0.25) is 0 Å². The summed E-state index contributed by atoms with van der Waals surface area (Å²) in [6, 6.07) is 0. The lowest BCUT2D eigenvalue weighted by Gasteiger charge is -2.35. The zero-order chi connectivity index (χ0) is 6.10. The Hall–Kier alpha value is 0. The van der Waals surface area contributed by atoms with Crippen molar-refractivity contribution in [3.05, 3.63) is 0 Å². The second-order valence-electron chi connectivity index (χ2n) is 3.74. The van der Waals surface area contributed by atoms with Crippen molar-refractivity contribution in [3.8, 4) is 0 Å². The van der Waals surface area contributed by atoms with Crippen molar-refractivity contribution in [1.29, 1.82) is 0 Å². The van der Waals surface area contributed by atoms with E-state index in [1.807, 2.05) is 0 Å². The lowest BCUT2D eigenvalue weighted by atomic mass is 9.71. The molecule has 0 bridgehead atoms. The van der Waals surface area contributed by atoms with Crippen molar-refractivity contribution in [2.24, 2.45) is 11.8 Å². The van der Waals surface area contributed by atoms with Gasteiger partial charge in [-0.3, -0.25) is 0 Å². The summed E-state index contributed by atoms with van der Waals surface area (Å²) in [6.07, 6.45) is 10.8. The van der Waals surface area contributed by atoms with Gasteiger partial charge in [0, 0.05) is 0 Å². The maximum absolute atomic E-state index is 1.56. The van der Waals surface area contributed by atoms with Crippen molar-refractivity contribution in [2.45, 2.75) is 44.9 Å². The molecule has 2 saturated carbocycles. The van der Waals surface area contributed by atoms with Crippen LogP contribution in [0.15, 0.2) is 0 Å². The number of hydrogen-bond acceptors (Lipinski definition) is 0. The zero-order valence-corrected chi connectivity index (χ0v) is 6.10. The minimum absolute atomic E-state index is 1.17. The van der Waals surface area contributed by atoms with E-state index in [4.69, 9.17) is 0 Å². The van der Waals surface area contributed by atoms with Gasteiger partial charge in [-0.15, -0.1) is 0 Å². The van der Waals surface area contributed by atoms with Crippen LogP contribution in [0.1, 0.15) is 44.9 Å². The minimum atomic E-state index is 1.17. The van der Waals surface area contributed by atoms with Gasteiger partial charge in [0.25, 0.3) is 0 Å². The van der Waals surface area contributed by atoms with Gasteiger partial charge in [0.15, 0.2) is 0 Å². The van der Waals surface area contributed by atoms with Gasteiger partial charge in [-0.1, -0.05) is 32.1 Å². The third kappa shape index (κ3) is 0.997. The van der Waals surface area contributed by atoms with E-state index in [1.165, 1.54) is 31.1 Å². The third-order valence-corrected chi connectivity index (χ3v) is 3.22. The highest BCUT2D eigenvalue weighted by Gasteiger charge is 2.30. The van der Waals surface area contributed by atoms with Crippen LogP contribution in [0.2, 0.25) is 0 Å². The fourth-order valence-corrected chi connectivity index (χ4v) is 2.39. The van der Waals surface area contributed by atoms with Gasteiger partial charge in [-0.2, -0.15) is 0 Å². The zero-order valence-electron chi connectivity index (χ0n) is 6.10. The topological polar surface area (TPSA) is 0 Å². The summed E-state index contributed by atoms with van der Waals surface area (Å²) in [4.78, 5) is 0. The molecular weight excluding hydrogens is 108 g/mol. The lowest BCUT2D eigenvalue weighted by Crippen LogP contribution is -2.23. The highest BCUT2D eigenvalue weighted by atomic mass is 14.4. The maximum atomic E-state index is 1.56. The normalized spacial score (nSPS) is 42.7. The number of rotatable bonds is 0. The van der Waals surface area contributed by atoms with Crippen molar-refractivity contribution in [1.82, 2.24) is 0 Å². The first kappa shape index (κ1) is 5.76. The van der Waals surface area contributed by atoms with Crippen LogP contribution >= 0.6 is 0 Å². The largest absolute Gasteiger partial charge is 0.0533 e. The summed E-state index contributed by atoms with van der Waals surface area (Å²) in [6.45, 7) is 0. The van der Waals surface area contributed by atoms with Crippen molar-refractivity contribution in [2.75, 3.05) is 0 Å². The van der Waals surface area contributed by atoms with Gasteiger partial charge in [0.1, 0.15) is 0 Å². The average Bonchev–Trinajstić information content (AvgIpc) is 1.94. The molecule has 9 heavy (non-hydrogen) atoms. The molecule has 52 valence electrons. The van der Waals surface area contributed by atoms with Crippen LogP contribution < -0.4 is 0 Å². The Morgan fingerprint density at radius 1 is 0.556 bits per heavy atom. The van der Waals surface area contributed by atoms with Crippen LogP contribution in [0, 0.1) is 11.8 Å². The summed E-state index contributed by atoms with van der Waals surface area (Å²) >= 11 is 0. The fourth-order valence-electron chi connectivity index (χ4n) is 2.39. The molecule has 2 aliphatic rings. The highest BCUT2D eigenvalue weighted by Crippen LogP contribution is 2.43. The summed E-state index contributed by atoms with van der Waals surface area (Å²) in [5.41, 5.74) is 0. The molecule has 2 aliphatic carbocycles. The number of hydrogen-bond donors (Lipinski definition) is 0. The maximum Gasteiger partial charge on any atom is -0.0386 e. The molecule has 0 radical (unpaired) electrons. The standard InChI is InChI=1S/C9H16/c1-2-4-8-6-7-9(8)5-3-1/h8-9H,1-7H2/t8-,9+. The molecule has 0 spiro atoms. The van der Waals surface area contributed by atoms with Gasteiger partial charge in [-0.25, -0.2) is 0 Å². The summed E-state index contributed by atoms with van der Waals surface area (Å²) in [5.74, 6) is 2.35. The van der Waals surface area contributed by atoms with Gasteiger partial charge >= 0.3 is 0 Å². The molecule has 0 aromatic heterocycles. The van der Waals surface area contributed by atoms with E-state index in [-0.39, 0.29) is 0 Å². The molecule has 0 N–H and O–H groups in total. The quantitative estimate of drug-likeness (QED) is 0.465. The van der Waals surface area contributed by atoms with Crippen molar-refractivity contribution in [3.63, 3.8) is 0 Å². The first-order valence-electron chi connectivity index (χ1n) is 4.47. The number of fused-ring (bicyclic) bond motifs is 1. The molecule has 0 amide bonds. The van der Waals surface area contributed by atoms with Crippen molar-refractivity contribution >= 4 is 0 Å². The molecule has 2 atom stereocenters. The van der Waals surface area contributed by atoms with E-state index >= 15 is 0 Å². The van der Waals surface area contributed by atoms with Crippen LogP contribution in [0.3, 0.4) is 0 Å². The SMILES string of the molecule is C1CC[C@@H]2CC[C@@H]2CC1. The van der Waals surface area contributed by atoms with Gasteiger partial charge < -0.3 is 0 Å². The molecule has 0 saturated heterocycles. The van der Waals surface area contributed by atoms with E-state index < -0.39 is 0 Å². The van der Waals surface area contributed by atoms with Gasteiger partial charge in [-0.05, 0) is 24.7 Å². The Balaban J connectivity index is 1.90. The lowest BCUT2D eigenvalue weighted by molar-refractivity contribution is 0.165. The van der Waals surface area contributed by atoms with Crippen LogP contribution in [0.4, 0.5) is 0 Å². The van der Waals surface area contributed by atoms with E-state index in [1.54, 1.807) is 25.7 Å². The summed E-state index contributed by atoms with van der Waals surface area (Å²) in [5, 5.41) is 0. The molecule has 0 aromatic carbocycles. The molecule has 0 aromatic rings. The Morgan fingerprint density at radius 2 is 1.11 bits per heavy atom. The molecule has 2 rings (SSSR count). The monoisotopic (exact) mass is 124 g/mol. The first-order valence-corrected chi connectivity index (χ1v) is 4.47. The van der Waals surface area contributed by atoms with E-state index in [9.17, 15) is 0 Å². The van der Waals surface area contributed by atoms with Crippen molar-refractivity contribution < 1.29 is 0 Å². The summed E-state index contributed by atoms with van der Waals surface area (Å²) in [7, 11) is 0. The van der Waals surface area contributed by atoms with Crippen LogP contribution in [0.25, 0.3) is 0 Å². The molecule has 0 heteroatoms. The Bertz CT molecular complexity index is 84.2. The Kier molecular flexibility index (Phi) is 1.48. The molecule has 0 heterocycles. The predicted molar refractivity (Wildman–Crippen MR) is 39.3 cm³/mol. The fraction of sp³-hybridized carbons (Fsp3) is 1.00. The second-order valence-corrected chi connectivity index (χ2v) is 3.74. The van der Waals surface area contributed by atoms with E-state index in [2.05, 4.69) is 0 Å². The Labute approximate surface area is 57.6 Å². The molecule has 0 unspecified atom stereocenters.